The van der Waals surface area contributed by atoms with Gasteiger partial charge in [0.2, 0.25) is 5.88 Å². The number of ether oxygens (including phenoxy) is 1. The van der Waals surface area contributed by atoms with Gasteiger partial charge in [-0.3, -0.25) is 4.99 Å². The Balaban J connectivity index is 1.74. The predicted octanol–water partition coefficient (Wildman–Crippen LogP) is 2.41. The second-order valence-electron chi connectivity index (χ2n) is 6.42. The Bertz CT molecular complexity index is 514. The Hall–Kier alpha value is -1.82. The van der Waals surface area contributed by atoms with Crippen LogP contribution < -0.4 is 15.4 Å². The zero-order valence-electron chi connectivity index (χ0n) is 15.8. The van der Waals surface area contributed by atoms with Crippen LogP contribution >= 0.6 is 0 Å². The normalized spacial score (nSPS) is 15.8. The minimum atomic E-state index is 0.651. The lowest BCUT2D eigenvalue weighted by Gasteiger charge is -2.26. The molecule has 0 spiro atoms. The first kappa shape index (κ1) is 19.5. The molecule has 0 aromatic carbocycles. The average Bonchev–Trinajstić information content (AvgIpc) is 2.66. The van der Waals surface area contributed by atoms with Crippen molar-refractivity contribution >= 4 is 5.96 Å². The van der Waals surface area contributed by atoms with Gasteiger partial charge in [0.1, 0.15) is 0 Å². The summed E-state index contributed by atoms with van der Waals surface area (Å²) in [5, 5.41) is 6.75. The van der Waals surface area contributed by atoms with Gasteiger partial charge in [0, 0.05) is 38.4 Å². The minimum absolute atomic E-state index is 0.651. The van der Waals surface area contributed by atoms with Crippen LogP contribution in [0.3, 0.4) is 0 Å². The van der Waals surface area contributed by atoms with Crippen LogP contribution in [-0.2, 0) is 6.54 Å². The molecule has 2 rings (SSSR count). The lowest BCUT2D eigenvalue weighted by atomic mass is 10.1. The highest BCUT2D eigenvalue weighted by molar-refractivity contribution is 5.79. The van der Waals surface area contributed by atoms with E-state index in [4.69, 9.17) is 4.74 Å². The van der Waals surface area contributed by atoms with Crippen molar-refractivity contribution in [2.75, 3.05) is 39.8 Å². The van der Waals surface area contributed by atoms with Gasteiger partial charge >= 0.3 is 0 Å². The van der Waals surface area contributed by atoms with E-state index in [1.54, 1.807) is 13.2 Å². The van der Waals surface area contributed by atoms with E-state index in [9.17, 15) is 0 Å². The molecular formula is C19H33N5O. The van der Waals surface area contributed by atoms with E-state index in [2.05, 4.69) is 32.4 Å². The summed E-state index contributed by atoms with van der Waals surface area (Å²) in [6, 6.07) is 3.98. The summed E-state index contributed by atoms with van der Waals surface area (Å²) in [4.78, 5) is 11.2. The smallest absolute Gasteiger partial charge is 0.218 e. The molecule has 25 heavy (non-hydrogen) atoms. The van der Waals surface area contributed by atoms with E-state index in [1.807, 2.05) is 12.1 Å². The SMILES string of the molecule is CCCCOc1ncccc1CNC(=NC)NCCN1CCCCC1. The number of aromatic nitrogens is 1. The molecule has 1 aromatic rings. The first-order chi connectivity index (χ1) is 12.3. The highest BCUT2D eigenvalue weighted by Gasteiger charge is 2.10. The number of nitrogens with zero attached hydrogens (tertiary/aromatic N) is 3. The number of aliphatic imine (C=N–C) groups is 1. The third kappa shape index (κ3) is 7.30. The molecule has 0 amide bonds. The van der Waals surface area contributed by atoms with Gasteiger partial charge in [-0.2, -0.15) is 0 Å². The molecule has 0 bridgehead atoms. The second kappa shape index (κ2) is 11.7. The van der Waals surface area contributed by atoms with Crippen LogP contribution in [0.15, 0.2) is 23.3 Å². The number of rotatable bonds is 9. The summed E-state index contributed by atoms with van der Waals surface area (Å²) in [5.41, 5.74) is 1.05. The Kier molecular flexibility index (Phi) is 9.12. The molecule has 1 saturated heterocycles. The molecule has 0 radical (unpaired) electrons. The summed E-state index contributed by atoms with van der Waals surface area (Å²) in [7, 11) is 1.80. The van der Waals surface area contributed by atoms with Crippen molar-refractivity contribution in [3.63, 3.8) is 0 Å². The number of guanidine groups is 1. The molecule has 2 N–H and O–H groups in total. The van der Waals surface area contributed by atoms with E-state index in [-0.39, 0.29) is 0 Å². The lowest BCUT2D eigenvalue weighted by Crippen LogP contribution is -2.42. The molecule has 1 aromatic heterocycles. The molecule has 6 heteroatoms. The molecular weight excluding hydrogens is 314 g/mol. The molecule has 140 valence electrons. The fourth-order valence-electron chi connectivity index (χ4n) is 2.92. The predicted molar refractivity (Wildman–Crippen MR) is 103 cm³/mol. The van der Waals surface area contributed by atoms with E-state index in [0.717, 1.165) is 37.5 Å². The fourth-order valence-corrected chi connectivity index (χ4v) is 2.92. The van der Waals surface area contributed by atoms with Crippen molar-refractivity contribution < 1.29 is 4.74 Å². The van der Waals surface area contributed by atoms with Crippen molar-refractivity contribution in [1.82, 2.24) is 20.5 Å². The van der Waals surface area contributed by atoms with Gasteiger partial charge < -0.3 is 20.3 Å². The number of hydrogen-bond acceptors (Lipinski definition) is 4. The van der Waals surface area contributed by atoms with Crippen LogP contribution in [0.2, 0.25) is 0 Å². The number of nitrogens with one attached hydrogen (secondary N) is 2. The molecule has 0 saturated carbocycles. The summed E-state index contributed by atoms with van der Waals surface area (Å²) >= 11 is 0. The Morgan fingerprint density at radius 3 is 2.88 bits per heavy atom. The topological polar surface area (TPSA) is 61.8 Å². The largest absolute Gasteiger partial charge is 0.477 e. The maximum Gasteiger partial charge on any atom is 0.218 e. The van der Waals surface area contributed by atoms with Crippen molar-refractivity contribution in [3.05, 3.63) is 23.9 Å². The molecule has 2 heterocycles. The fraction of sp³-hybridized carbons (Fsp3) is 0.684. The monoisotopic (exact) mass is 347 g/mol. The Morgan fingerprint density at radius 2 is 2.12 bits per heavy atom. The van der Waals surface area contributed by atoms with Crippen LogP contribution in [-0.4, -0.2) is 55.7 Å². The van der Waals surface area contributed by atoms with Crippen molar-refractivity contribution in [2.24, 2.45) is 4.99 Å². The minimum Gasteiger partial charge on any atom is -0.477 e. The summed E-state index contributed by atoms with van der Waals surface area (Å²) in [5.74, 6) is 1.53. The zero-order chi connectivity index (χ0) is 17.7. The van der Waals surface area contributed by atoms with E-state index in [0.29, 0.717) is 19.0 Å². The Morgan fingerprint density at radius 1 is 1.28 bits per heavy atom. The van der Waals surface area contributed by atoms with Crippen LogP contribution in [0.5, 0.6) is 5.88 Å². The molecule has 0 unspecified atom stereocenters. The first-order valence-electron chi connectivity index (χ1n) is 9.57. The van der Waals surface area contributed by atoms with E-state index < -0.39 is 0 Å². The number of unbranched alkanes of at least 4 members (excludes halogenated alkanes) is 1. The number of piperidine rings is 1. The molecule has 0 atom stereocenters. The highest BCUT2D eigenvalue weighted by Crippen LogP contribution is 2.14. The first-order valence-corrected chi connectivity index (χ1v) is 9.57. The molecule has 1 aliphatic heterocycles. The maximum atomic E-state index is 5.79. The Labute approximate surface area is 152 Å². The lowest BCUT2D eigenvalue weighted by molar-refractivity contribution is 0.232. The van der Waals surface area contributed by atoms with Crippen LogP contribution in [0.4, 0.5) is 0 Å². The number of pyridine rings is 1. The van der Waals surface area contributed by atoms with Gasteiger partial charge in [0.05, 0.1) is 6.61 Å². The van der Waals surface area contributed by atoms with Crippen LogP contribution in [0, 0.1) is 0 Å². The summed E-state index contributed by atoms with van der Waals surface area (Å²) < 4.78 is 5.79. The van der Waals surface area contributed by atoms with E-state index in [1.165, 1.54) is 32.4 Å². The standard InChI is InChI=1S/C19H33N5O/c1-3-4-15-25-18-17(9-8-10-21-18)16-23-19(20-2)22-11-14-24-12-6-5-7-13-24/h8-10H,3-7,11-16H2,1-2H3,(H2,20,22,23). The van der Waals surface area contributed by atoms with Crippen molar-refractivity contribution in [1.29, 1.82) is 0 Å². The number of likely N-dealkylation sites (tertiary alicyclic amines) is 1. The quantitative estimate of drug-likeness (QED) is 0.408. The van der Waals surface area contributed by atoms with Crippen molar-refractivity contribution in [2.45, 2.75) is 45.6 Å². The van der Waals surface area contributed by atoms with Gasteiger partial charge in [0.15, 0.2) is 5.96 Å². The van der Waals surface area contributed by atoms with Gasteiger partial charge in [-0.1, -0.05) is 25.8 Å². The highest BCUT2D eigenvalue weighted by atomic mass is 16.5. The van der Waals surface area contributed by atoms with Gasteiger partial charge in [0.25, 0.3) is 0 Å². The third-order valence-corrected chi connectivity index (χ3v) is 4.43. The second-order valence-corrected chi connectivity index (χ2v) is 6.42. The van der Waals surface area contributed by atoms with Gasteiger partial charge in [-0.05, 0) is 38.4 Å². The van der Waals surface area contributed by atoms with Gasteiger partial charge in [-0.15, -0.1) is 0 Å². The summed E-state index contributed by atoms with van der Waals surface area (Å²) in [6.07, 6.45) is 7.97. The summed E-state index contributed by atoms with van der Waals surface area (Å²) in [6.45, 7) is 7.95. The molecule has 1 fully saturated rings. The zero-order valence-corrected chi connectivity index (χ0v) is 15.8. The molecule has 6 nitrogen and oxygen atoms in total. The van der Waals surface area contributed by atoms with E-state index >= 15 is 0 Å². The van der Waals surface area contributed by atoms with Crippen LogP contribution in [0.1, 0.15) is 44.6 Å². The number of hydrogen-bond donors (Lipinski definition) is 2. The van der Waals surface area contributed by atoms with Gasteiger partial charge in [-0.25, -0.2) is 4.98 Å². The molecule has 0 aliphatic carbocycles. The third-order valence-electron chi connectivity index (χ3n) is 4.43. The molecule has 1 aliphatic rings. The maximum absolute atomic E-state index is 5.79. The average molecular weight is 348 g/mol. The van der Waals surface area contributed by atoms with Crippen LogP contribution in [0.25, 0.3) is 0 Å². The van der Waals surface area contributed by atoms with Crippen molar-refractivity contribution in [3.8, 4) is 5.88 Å².